The van der Waals surface area contributed by atoms with E-state index in [9.17, 15) is 14.0 Å². The van der Waals surface area contributed by atoms with Gasteiger partial charge in [-0.2, -0.15) is 0 Å². The summed E-state index contributed by atoms with van der Waals surface area (Å²) in [7, 11) is 1.85. The first-order chi connectivity index (χ1) is 14.0. The van der Waals surface area contributed by atoms with Crippen LogP contribution in [0.2, 0.25) is 0 Å². The summed E-state index contributed by atoms with van der Waals surface area (Å²) in [5, 5.41) is 5.91. The van der Waals surface area contributed by atoms with E-state index in [2.05, 4.69) is 20.4 Å². The highest BCUT2D eigenvalue weighted by Gasteiger charge is 2.50. The molecule has 2 saturated heterocycles. The van der Waals surface area contributed by atoms with Crippen molar-refractivity contribution >= 4 is 17.5 Å². The van der Waals surface area contributed by atoms with Gasteiger partial charge in [0.2, 0.25) is 5.91 Å². The third-order valence-corrected chi connectivity index (χ3v) is 6.05. The number of anilines is 1. The Morgan fingerprint density at radius 3 is 2.59 bits per heavy atom. The molecule has 2 aliphatic heterocycles. The maximum Gasteiger partial charge on any atom is 0.267 e. The van der Waals surface area contributed by atoms with Crippen molar-refractivity contribution in [2.24, 2.45) is 7.05 Å². The maximum atomic E-state index is 13.3. The van der Waals surface area contributed by atoms with E-state index in [-0.39, 0.29) is 17.6 Å². The Morgan fingerprint density at radius 1 is 1.21 bits per heavy atom. The molecule has 154 valence electrons. The number of amides is 2. The molecule has 3 heterocycles. The molecular formula is C21H26FN5O2. The molecule has 2 fully saturated rings. The summed E-state index contributed by atoms with van der Waals surface area (Å²) < 4.78 is 15.1. The number of nitrogens with one attached hydrogen (secondary N) is 2. The van der Waals surface area contributed by atoms with Crippen molar-refractivity contribution in [3.8, 4) is 0 Å². The zero-order chi connectivity index (χ0) is 20.4. The number of nitrogens with zero attached hydrogens (tertiary/aromatic N) is 3. The molecule has 0 saturated carbocycles. The minimum Gasteiger partial charge on any atom is -0.349 e. The number of hydrogen-bond donors (Lipinski definition) is 2. The van der Waals surface area contributed by atoms with Gasteiger partial charge in [-0.15, -0.1) is 0 Å². The molecule has 2 amide bonds. The highest BCUT2D eigenvalue weighted by molar-refractivity contribution is 5.93. The van der Waals surface area contributed by atoms with Crippen molar-refractivity contribution in [3.63, 3.8) is 0 Å². The van der Waals surface area contributed by atoms with E-state index in [1.54, 1.807) is 22.8 Å². The molecule has 0 unspecified atom stereocenters. The molecule has 2 N–H and O–H groups in total. The van der Waals surface area contributed by atoms with E-state index < -0.39 is 5.54 Å². The molecule has 7 nitrogen and oxygen atoms in total. The first kappa shape index (κ1) is 19.4. The lowest BCUT2D eigenvalue weighted by atomic mass is 9.85. The molecule has 0 atom stereocenters. The summed E-state index contributed by atoms with van der Waals surface area (Å²) in [6.07, 6.45) is 3.24. The summed E-state index contributed by atoms with van der Waals surface area (Å²) in [4.78, 5) is 29.2. The van der Waals surface area contributed by atoms with Crippen molar-refractivity contribution in [3.05, 3.63) is 54.1 Å². The third kappa shape index (κ3) is 3.72. The second-order valence-electron chi connectivity index (χ2n) is 7.70. The van der Waals surface area contributed by atoms with Gasteiger partial charge in [0.15, 0.2) is 0 Å². The highest BCUT2D eigenvalue weighted by Crippen LogP contribution is 2.36. The zero-order valence-electron chi connectivity index (χ0n) is 16.5. The fourth-order valence-corrected chi connectivity index (χ4v) is 4.31. The quantitative estimate of drug-likeness (QED) is 0.796. The molecule has 2 aromatic rings. The van der Waals surface area contributed by atoms with Gasteiger partial charge in [-0.1, -0.05) is 0 Å². The van der Waals surface area contributed by atoms with Gasteiger partial charge < -0.3 is 25.0 Å². The topological polar surface area (TPSA) is 69.6 Å². The molecule has 2 aliphatic rings. The van der Waals surface area contributed by atoms with Crippen LogP contribution in [-0.4, -0.2) is 59.7 Å². The van der Waals surface area contributed by atoms with Gasteiger partial charge in [0.1, 0.15) is 17.1 Å². The molecule has 0 bridgehead atoms. The molecule has 1 aromatic carbocycles. The Bertz CT molecular complexity index is 887. The van der Waals surface area contributed by atoms with Crippen molar-refractivity contribution in [2.75, 3.05) is 37.7 Å². The van der Waals surface area contributed by atoms with E-state index in [1.807, 2.05) is 19.3 Å². The number of aryl methyl sites for hydroxylation is 1. The van der Waals surface area contributed by atoms with Crippen molar-refractivity contribution < 1.29 is 14.0 Å². The molecule has 29 heavy (non-hydrogen) atoms. The average molecular weight is 399 g/mol. The highest BCUT2D eigenvalue weighted by atomic mass is 19.1. The van der Waals surface area contributed by atoms with Crippen LogP contribution in [0.1, 0.15) is 23.3 Å². The van der Waals surface area contributed by atoms with Gasteiger partial charge in [0, 0.05) is 45.1 Å². The zero-order valence-corrected chi connectivity index (χ0v) is 16.5. The molecular weight excluding hydrogens is 373 g/mol. The monoisotopic (exact) mass is 399 g/mol. The van der Waals surface area contributed by atoms with Crippen LogP contribution in [-0.2, 0) is 11.8 Å². The Morgan fingerprint density at radius 2 is 1.93 bits per heavy atom. The van der Waals surface area contributed by atoms with Gasteiger partial charge in [-0.25, -0.2) is 4.39 Å². The molecule has 8 heteroatoms. The summed E-state index contributed by atoms with van der Waals surface area (Å²) >= 11 is 0. The second kappa shape index (κ2) is 7.87. The fourth-order valence-electron chi connectivity index (χ4n) is 4.31. The Hall–Kier alpha value is -2.87. The number of benzene rings is 1. The predicted octanol–water partition coefficient (Wildman–Crippen LogP) is 1.32. The van der Waals surface area contributed by atoms with Crippen LogP contribution in [0, 0.1) is 5.82 Å². The molecule has 1 aromatic heterocycles. The minimum atomic E-state index is -0.583. The second-order valence-corrected chi connectivity index (χ2v) is 7.70. The first-order valence-electron chi connectivity index (χ1n) is 9.93. The lowest BCUT2D eigenvalue weighted by Gasteiger charge is -2.43. The van der Waals surface area contributed by atoms with Crippen LogP contribution in [0.4, 0.5) is 10.1 Å². The number of halogens is 1. The van der Waals surface area contributed by atoms with Crippen molar-refractivity contribution in [2.45, 2.75) is 18.4 Å². The van der Waals surface area contributed by atoms with E-state index in [0.29, 0.717) is 31.7 Å². The largest absolute Gasteiger partial charge is 0.349 e. The normalized spacial score (nSPS) is 18.8. The van der Waals surface area contributed by atoms with Gasteiger partial charge in [0.25, 0.3) is 5.91 Å². The van der Waals surface area contributed by atoms with Gasteiger partial charge >= 0.3 is 0 Å². The van der Waals surface area contributed by atoms with Crippen LogP contribution in [0.15, 0.2) is 42.6 Å². The Labute approximate surface area is 169 Å². The Balaban J connectivity index is 1.33. The number of carbonyl (C=O) groups excluding carboxylic acids is 2. The van der Waals surface area contributed by atoms with Gasteiger partial charge in [-0.3, -0.25) is 9.59 Å². The average Bonchev–Trinajstić information content (AvgIpc) is 3.28. The van der Waals surface area contributed by atoms with E-state index in [4.69, 9.17) is 0 Å². The van der Waals surface area contributed by atoms with Crippen LogP contribution in [0.25, 0.3) is 0 Å². The smallest absolute Gasteiger partial charge is 0.267 e. The Kier molecular flexibility index (Phi) is 5.27. The maximum absolute atomic E-state index is 13.3. The first-order valence-corrected chi connectivity index (χ1v) is 9.93. The number of carbonyl (C=O) groups is 2. The third-order valence-electron chi connectivity index (χ3n) is 6.05. The van der Waals surface area contributed by atoms with Crippen molar-refractivity contribution in [1.29, 1.82) is 0 Å². The van der Waals surface area contributed by atoms with Crippen LogP contribution >= 0.6 is 0 Å². The molecule has 0 aliphatic carbocycles. The fraction of sp³-hybridized carbons (Fsp3) is 0.429. The molecule has 0 radical (unpaired) electrons. The molecule has 4 rings (SSSR count). The SMILES string of the molecule is Cn1cccc1C(=O)NCCN1CCC2(CC1)C(=O)NCN2c1ccc(F)cc1. The van der Waals surface area contributed by atoms with Gasteiger partial charge in [-0.05, 0) is 49.2 Å². The number of likely N-dealkylation sites (tertiary alicyclic amines) is 1. The summed E-state index contributed by atoms with van der Waals surface area (Å²) in [5.41, 5.74) is 0.911. The van der Waals surface area contributed by atoms with Crippen molar-refractivity contribution in [1.82, 2.24) is 20.1 Å². The van der Waals surface area contributed by atoms with Gasteiger partial charge in [0.05, 0.1) is 6.67 Å². The van der Waals surface area contributed by atoms with Crippen LogP contribution in [0.5, 0.6) is 0 Å². The predicted molar refractivity (Wildman–Crippen MR) is 108 cm³/mol. The summed E-state index contributed by atoms with van der Waals surface area (Å²) in [6.45, 7) is 3.28. The summed E-state index contributed by atoms with van der Waals surface area (Å²) in [6, 6.07) is 9.94. The van der Waals surface area contributed by atoms with E-state index >= 15 is 0 Å². The number of aromatic nitrogens is 1. The van der Waals surface area contributed by atoms with E-state index in [1.165, 1.54) is 12.1 Å². The standard InChI is InChI=1S/C21H26FN5O2/c1-25-11-2-3-18(25)19(28)23-10-14-26-12-8-21(9-13-26)20(29)24-15-27(21)17-6-4-16(22)5-7-17/h2-7,11H,8-10,12-15H2,1H3,(H,23,28)(H,24,29). The number of hydrogen-bond acceptors (Lipinski definition) is 4. The lowest BCUT2D eigenvalue weighted by molar-refractivity contribution is -0.125. The van der Waals surface area contributed by atoms with Crippen LogP contribution < -0.4 is 15.5 Å². The minimum absolute atomic E-state index is 0.0403. The number of rotatable bonds is 5. The lowest BCUT2D eigenvalue weighted by Crippen LogP contribution is -2.57. The molecule has 1 spiro atoms. The van der Waals surface area contributed by atoms with E-state index in [0.717, 1.165) is 25.3 Å². The summed E-state index contributed by atoms with van der Waals surface area (Å²) in [5.74, 6) is -0.324. The number of piperidine rings is 1. The van der Waals surface area contributed by atoms with Crippen LogP contribution in [0.3, 0.4) is 0 Å².